The van der Waals surface area contributed by atoms with Crippen LogP contribution in [-0.2, 0) is 4.79 Å². The van der Waals surface area contributed by atoms with Crippen molar-refractivity contribution >= 4 is 40.2 Å². The number of thiazole rings is 1. The fourth-order valence-electron chi connectivity index (χ4n) is 4.24. The summed E-state index contributed by atoms with van der Waals surface area (Å²) < 4.78 is 0.920. The van der Waals surface area contributed by atoms with Crippen molar-refractivity contribution in [3.63, 3.8) is 0 Å². The number of rotatable bonds is 9. The van der Waals surface area contributed by atoms with Crippen LogP contribution in [0.2, 0.25) is 0 Å². The van der Waals surface area contributed by atoms with Crippen molar-refractivity contribution in [2.75, 3.05) is 17.6 Å². The molecule has 0 unspecified atom stereocenters. The molecule has 2 N–H and O–H groups in total. The minimum Gasteiger partial charge on any atom is -0.481 e. The molecule has 1 saturated carbocycles. The van der Waals surface area contributed by atoms with Gasteiger partial charge in [-0.3, -0.25) is 10.1 Å². The van der Waals surface area contributed by atoms with E-state index in [0.29, 0.717) is 16.8 Å². The first-order valence-electron chi connectivity index (χ1n) is 10.9. The first-order chi connectivity index (χ1) is 14.0. The predicted molar refractivity (Wildman–Crippen MR) is 126 cm³/mol. The van der Waals surface area contributed by atoms with Crippen molar-refractivity contribution in [3.8, 4) is 0 Å². The maximum Gasteiger partial charge on any atom is 0.324 e. The first kappa shape index (κ1) is 25.0. The van der Waals surface area contributed by atoms with Gasteiger partial charge in [0.1, 0.15) is 0 Å². The van der Waals surface area contributed by atoms with E-state index in [0.717, 1.165) is 42.9 Å². The Labute approximate surface area is 189 Å². The summed E-state index contributed by atoms with van der Waals surface area (Å²) in [6.45, 7) is 11.9. The number of anilines is 1. The van der Waals surface area contributed by atoms with Crippen LogP contribution in [0.4, 0.5) is 9.93 Å². The van der Waals surface area contributed by atoms with Gasteiger partial charge in [-0.15, -0.1) is 11.8 Å². The third kappa shape index (κ3) is 6.61. The summed E-state index contributed by atoms with van der Waals surface area (Å²) in [4.78, 5) is 30.6. The third-order valence-corrected chi connectivity index (χ3v) is 8.14. The Morgan fingerprint density at radius 1 is 1.30 bits per heavy atom. The lowest BCUT2D eigenvalue weighted by atomic mass is 9.64. The smallest absolute Gasteiger partial charge is 0.324 e. The number of amides is 2. The predicted octanol–water partition coefficient (Wildman–Crippen LogP) is 6.34. The molecular formula is C22H37N3O3S2. The summed E-state index contributed by atoms with van der Waals surface area (Å²) in [5.74, 6) is 0.220. The molecule has 1 aliphatic rings. The molecule has 1 aromatic rings. The molecule has 8 heteroatoms. The Hall–Kier alpha value is -1.28. The van der Waals surface area contributed by atoms with E-state index >= 15 is 0 Å². The van der Waals surface area contributed by atoms with Crippen molar-refractivity contribution in [2.24, 2.45) is 11.3 Å². The number of hydrogen-bond acceptors (Lipinski definition) is 5. The third-order valence-electron chi connectivity index (χ3n) is 6.03. The maximum atomic E-state index is 13.5. The highest BCUT2D eigenvalue weighted by Gasteiger charge is 2.49. The van der Waals surface area contributed by atoms with Crippen molar-refractivity contribution in [2.45, 2.75) is 89.3 Å². The number of aliphatic carboxylic acids is 1. The molecule has 30 heavy (non-hydrogen) atoms. The number of nitrogens with one attached hydrogen (secondary N) is 1. The van der Waals surface area contributed by atoms with Gasteiger partial charge >= 0.3 is 12.0 Å². The molecule has 1 fully saturated rings. The van der Waals surface area contributed by atoms with Crippen LogP contribution in [0, 0.1) is 11.3 Å². The van der Waals surface area contributed by atoms with Crippen LogP contribution < -0.4 is 5.32 Å². The average molecular weight is 456 g/mol. The van der Waals surface area contributed by atoms with E-state index in [1.165, 1.54) is 29.5 Å². The summed E-state index contributed by atoms with van der Waals surface area (Å²) in [5.41, 5.74) is -0.164. The van der Waals surface area contributed by atoms with Crippen molar-refractivity contribution in [1.29, 1.82) is 0 Å². The fraction of sp³-hybridized carbons (Fsp3) is 0.773. The molecule has 0 atom stereocenters. The molecule has 1 aliphatic carbocycles. The number of thioether (sulfide) groups is 1. The van der Waals surface area contributed by atoms with E-state index in [1.807, 2.05) is 0 Å². The summed E-state index contributed by atoms with van der Waals surface area (Å²) in [5, 5.41) is 12.4. The van der Waals surface area contributed by atoms with Crippen molar-refractivity contribution in [1.82, 2.24) is 9.88 Å². The van der Waals surface area contributed by atoms with Crippen LogP contribution >= 0.6 is 23.1 Å². The zero-order chi connectivity index (χ0) is 22.4. The second-order valence-electron chi connectivity index (χ2n) is 9.58. The van der Waals surface area contributed by atoms with Crippen LogP contribution in [0.1, 0.15) is 79.6 Å². The molecular weight excluding hydrogens is 418 g/mol. The highest BCUT2D eigenvalue weighted by atomic mass is 32.2. The lowest BCUT2D eigenvalue weighted by Crippen LogP contribution is -2.61. The molecule has 6 nitrogen and oxygen atoms in total. The molecule has 1 aromatic heterocycles. The molecule has 0 saturated heterocycles. The Kier molecular flexibility index (Phi) is 9.03. The topological polar surface area (TPSA) is 82.5 Å². The van der Waals surface area contributed by atoms with Gasteiger partial charge in [0.25, 0.3) is 0 Å². The standard InChI is InChI=1S/C22H37N3O3S2/c1-16(2)9-13-25(22(21(3,4)5)11-7-6-8-12-22)20(28)24-19-23-15-18(30-19)29-14-10-17(26)27/h15-16H,6-14H2,1-5H3,(H,26,27)(H,23,24,28). The summed E-state index contributed by atoms with van der Waals surface area (Å²) >= 11 is 2.87. The van der Waals surface area contributed by atoms with Crippen molar-refractivity contribution < 1.29 is 14.7 Å². The number of urea groups is 1. The fourth-order valence-corrected chi connectivity index (χ4v) is 6.11. The molecule has 2 amide bonds. The SMILES string of the molecule is CC(C)CCN(C(=O)Nc1ncc(SCCC(=O)O)s1)C1(C(C)(C)C)CCCCC1. The van der Waals surface area contributed by atoms with Gasteiger partial charge in [0.2, 0.25) is 0 Å². The van der Waals surface area contributed by atoms with Gasteiger partial charge in [-0.1, -0.05) is 65.2 Å². The average Bonchev–Trinajstić information content (AvgIpc) is 3.08. The van der Waals surface area contributed by atoms with Crippen LogP contribution in [0.25, 0.3) is 0 Å². The van der Waals surface area contributed by atoms with E-state index in [4.69, 9.17) is 5.11 Å². The Balaban J connectivity index is 2.17. The number of aromatic nitrogens is 1. The van der Waals surface area contributed by atoms with E-state index in [-0.39, 0.29) is 23.4 Å². The Morgan fingerprint density at radius 3 is 2.53 bits per heavy atom. The molecule has 0 bridgehead atoms. The van der Waals surface area contributed by atoms with Gasteiger partial charge in [-0.25, -0.2) is 9.78 Å². The number of nitrogens with zero attached hydrogens (tertiary/aromatic N) is 2. The second-order valence-corrected chi connectivity index (χ2v) is 12.0. The van der Waals surface area contributed by atoms with Crippen molar-refractivity contribution in [3.05, 3.63) is 6.20 Å². The lowest BCUT2D eigenvalue weighted by molar-refractivity contribution is -0.136. The summed E-state index contributed by atoms with van der Waals surface area (Å²) in [6, 6.07) is -0.0658. The second kappa shape index (κ2) is 10.8. The quantitative estimate of drug-likeness (QED) is 0.425. The number of carbonyl (C=O) groups excluding carboxylic acids is 1. The highest BCUT2D eigenvalue weighted by molar-refractivity contribution is 8.01. The normalized spacial score (nSPS) is 16.5. The lowest BCUT2D eigenvalue weighted by Gasteiger charge is -2.54. The molecule has 0 aromatic carbocycles. The minimum atomic E-state index is -0.804. The van der Waals surface area contributed by atoms with Gasteiger partial charge in [0.15, 0.2) is 5.13 Å². The van der Waals surface area contributed by atoms with E-state index in [2.05, 4.69) is 49.8 Å². The van der Waals surface area contributed by atoms with Crippen LogP contribution in [0.15, 0.2) is 10.4 Å². The number of carboxylic acid groups (broad SMARTS) is 1. The van der Waals surface area contributed by atoms with Gasteiger partial charge in [0, 0.05) is 17.8 Å². The minimum absolute atomic E-state index is 0.0114. The van der Waals surface area contributed by atoms with Crippen LogP contribution in [0.5, 0.6) is 0 Å². The monoisotopic (exact) mass is 455 g/mol. The van der Waals surface area contributed by atoms with Gasteiger partial charge < -0.3 is 10.0 Å². The first-order valence-corrected chi connectivity index (χ1v) is 12.7. The van der Waals surface area contributed by atoms with Crippen LogP contribution in [-0.4, -0.2) is 44.8 Å². The molecule has 0 radical (unpaired) electrons. The molecule has 0 spiro atoms. The van der Waals surface area contributed by atoms with E-state index in [9.17, 15) is 9.59 Å². The molecule has 170 valence electrons. The highest BCUT2D eigenvalue weighted by Crippen LogP contribution is 2.47. The zero-order valence-corrected chi connectivity index (χ0v) is 20.6. The Bertz CT molecular complexity index is 707. The van der Waals surface area contributed by atoms with Gasteiger partial charge in [-0.2, -0.15) is 0 Å². The van der Waals surface area contributed by atoms with Gasteiger partial charge in [-0.05, 0) is 30.6 Å². The Morgan fingerprint density at radius 2 is 1.97 bits per heavy atom. The van der Waals surface area contributed by atoms with E-state index in [1.54, 1.807) is 6.20 Å². The van der Waals surface area contributed by atoms with E-state index < -0.39 is 5.97 Å². The number of carbonyl (C=O) groups is 2. The summed E-state index contributed by atoms with van der Waals surface area (Å²) in [7, 11) is 0. The maximum absolute atomic E-state index is 13.5. The molecule has 1 heterocycles. The zero-order valence-electron chi connectivity index (χ0n) is 19.0. The van der Waals surface area contributed by atoms with Gasteiger partial charge in [0.05, 0.1) is 16.8 Å². The number of carboxylic acids is 1. The summed E-state index contributed by atoms with van der Waals surface area (Å²) in [6.07, 6.45) is 8.42. The molecule has 2 rings (SSSR count). The van der Waals surface area contributed by atoms with Crippen LogP contribution in [0.3, 0.4) is 0 Å². The number of hydrogen-bond donors (Lipinski definition) is 2. The molecule has 0 aliphatic heterocycles. The largest absolute Gasteiger partial charge is 0.481 e.